The van der Waals surface area contributed by atoms with Gasteiger partial charge in [-0.15, -0.1) is 0 Å². The van der Waals surface area contributed by atoms with Crippen LogP contribution in [0.1, 0.15) is 21.7 Å². The summed E-state index contributed by atoms with van der Waals surface area (Å²) in [6.07, 6.45) is 0. The molecular formula is C13H11ClN2O3. The largest absolute Gasteiger partial charge is 0.476 e. The molecule has 0 bridgehead atoms. The normalized spacial score (nSPS) is 10.5. The Morgan fingerprint density at radius 2 is 2.05 bits per heavy atom. The molecule has 2 aromatic rings. The van der Waals surface area contributed by atoms with E-state index in [1.165, 1.54) is 4.57 Å². The monoisotopic (exact) mass is 278 g/mol. The number of hydrogen-bond donors (Lipinski definition) is 1. The van der Waals surface area contributed by atoms with E-state index >= 15 is 0 Å². The maximum absolute atomic E-state index is 12.2. The lowest BCUT2D eigenvalue weighted by atomic mass is 10.2. The van der Waals surface area contributed by atoms with Crippen LogP contribution in [0.4, 0.5) is 0 Å². The van der Waals surface area contributed by atoms with Gasteiger partial charge in [0.25, 0.3) is 5.56 Å². The summed E-state index contributed by atoms with van der Waals surface area (Å²) < 4.78 is 1.26. The molecule has 5 nitrogen and oxygen atoms in total. The first-order valence-corrected chi connectivity index (χ1v) is 5.89. The zero-order chi connectivity index (χ0) is 14.2. The molecule has 1 N–H and O–H groups in total. The Balaban J connectivity index is 2.83. The van der Waals surface area contributed by atoms with E-state index in [2.05, 4.69) is 4.98 Å². The minimum atomic E-state index is -1.40. The van der Waals surface area contributed by atoms with Gasteiger partial charge in [0, 0.05) is 5.69 Å². The number of aromatic nitrogens is 2. The number of halogens is 1. The number of rotatable bonds is 2. The molecule has 0 unspecified atom stereocenters. The van der Waals surface area contributed by atoms with Crippen molar-refractivity contribution in [2.75, 3.05) is 0 Å². The van der Waals surface area contributed by atoms with Gasteiger partial charge < -0.3 is 5.11 Å². The fourth-order valence-electron chi connectivity index (χ4n) is 1.79. The third kappa shape index (κ3) is 2.37. The first-order valence-electron chi connectivity index (χ1n) is 5.51. The molecule has 0 fully saturated rings. The van der Waals surface area contributed by atoms with Crippen LogP contribution in [0.2, 0.25) is 5.15 Å². The highest BCUT2D eigenvalue weighted by atomic mass is 35.5. The van der Waals surface area contributed by atoms with Crippen LogP contribution in [0.5, 0.6) is 0 Å². The highest BCUT2D eigenvalue weighted by Crippen LogP contribution is 2.16. The van der Waals surface area contributed by atoms with E-state index in [0.717, 1.165) is 5.56 Å². The summed E-state index contributed by atoms with van der Waals surface area (Å²) >= 11 is 5.89. The second-order valence-corrected chi connectivity index (χ2v) is 4.48. The molecule has 0 saturated heterocycles. The number of nitrogens with zero attached hydrogens (tertiary/aromatic N) is 2. The van der Waals surface area contributed by atoms with Crippen molar-refractivity contribution in [2.45, 2.75) is 13.8 Å². The first-order chi connectivity index (χ1) is 8.91. The Hall–Kier alpha value is -2.14. The van der Waals surface area contributed by atoms with Crippen LogP contribution < -0.4 is 5.56 Å². The van der Waals surface area contributed by atoms with Gasteiger partial charge in [0.05, 0.1) is 5.69 Å². The summed E-state index contributed by atoms with van der Waals surface area (Å²) in [5.41, 5.74) is 0.641. The summed E-state index contributed by atoms with van der Waals surface area (Å²) in [5, 5.41) is 8.97. The minimum Gasteiger partial charge on any atom is -0.476 e. The highest BCUT2D eigenvalue weighted by molar-refractivity contribution is 6.30. The van der Waals surface area contributed by atoms with Crippen LogP contribution in [0, 0.1) is 13.8 Å². The van der Waals surface area contributed by atoms with Gasteiger partial charge in [-0.25, -0.2) is 9.78 Å². The first kappa shape index (κ1) is 13.3. The van der Waals surface area contributed by atoms with Crippen molar-refractivity contribution in [3.63, 3.8) is 0 Å². The van der Waals surface area contributed by atoms with Crippen molar-refractivity contribution < 1.29 is 9.90 Å². The number of hydrogen-bond acceptors (Lipinski definition) is 3. The predicted octanol–water partition coefficient (Wildman–Crippen LogP) is 2.20. The maximum Gasteiger partial charge on any atom is 0.360 e. The second kappa shape index (κ2) is 4.85. The molecule has 0 aliphatic rings. The lowest BCUT2D eigenvalue weighted by molar-refractivity contribution is 0.0688. The van der Waals surface area contributed by atoms with Crippen molar-refractivity contribution in [3.05, 3.63) is 56.7 Å². The van der Waals surface area contributed by atoms with Crippen molar-refractivity contribution >= 4 is 17.6 Å². The average molecular weight is 279 g/mol. The molecule has 0 atom stereocenters. The molecule has 6 heteroatoms. The molecule has 1 aromatic heterocycles. The van der Waals surface area contributed by atoms with Crippen LogP contribution in [-0.4, -0.2) is 20.6 Å². The molecule has 1 heterocycles. The van der Waals surface area contributed by atoms with E-state index in [-0.39, 0.29) is 5.15 Å². The maximum atomic E-state index is 12.2. The van der Waals surface area contributed by atoms with Gasteiger partial charge >= 0.3 is 5.97 Å². The summed E-state index contributed by atoms with van der Waals surface area (Å²) in [6, 6.07) is 7.15. The summed E-state index contributed by atoms with van der Waals surface area (Å²) in [7, 11) is 0. The van der Waals surface area contributed by atoms with Gasteiger partial charge in [0.1, 0.15) is 5.15 Å². The molecule has 0 aliphatic carbocycles. The van der Waals surface area contributed by atoms with Crippen LogP contribution in [-0.2, 0) is 0 Å². The molecular weight excluding hydrogens is 268 g/mol. The smallest absolute Gasteiger partial charge is 0.360 e. The van der Waals surface area contributed by atoms with Crippen LogP contribution in [0.25, 0.3) is 5.69 Å². The SMILES string of the molecule is Cc1cccc(-n2c(C)c(Cl)nc(C(=O)O)c2=O)c1. The van der Waals surface area contributed by atoms with Gasteiger partial charge in [0.2, 0.25) is 5.69 Å². The molecule has 0 spiro atoms. The third-order valence-electron chi connectivity index (χ3n) is 2.71. The standard InChI is InChI=1S/C13H11ClN2O3/c1-7-4-3-5-9(6-7)16-8(2)11(14)15-10(12(16)17)13(18)19/h3-6H,1-2H3,(H,18,19). The Labute approximate surface area is 114 Å². The highest BCUT2D eigenvalue weighted by Gasteiger charge is 2.18. The molecule has 0 saturated carbocycles. The fourth-order valence-corrected chi connectivity index (χ4v) is 1.96. The third-order valence-corrected chi connectivity index (χ3v) is 3.07. The van der Waals surface area contributed by atoms with Gasteiger partial charge in [-0.2, -0.15) is 0 Å². The molecule has 19 heavy (non-hydrogen) atoms. The lowest BCUT2D eigenvalue weighted by Gasteiger charge is -2.12. The van der Waals surface area contributed by atoms with Crippen LogP contribution in [0.15, 0.2) is 29.1 Å². The molecule has 0 radical (unpaired) electrons. The number of carboxylic acid groups (broad SMARTS) is 1. The molecule has 2 rings (SSSR count). The quantitative estimate of drug-likeness (QED) is 0.914. The Kier molecular flexibility index (Phi) is 3.40. The zero-order valence-corrected chi connectivity index (χ0v) is 11.1. The molecule has 98 valence electrons. The summed E-state index contributed by atoms with van der Waals surface area (Å²) in [6.45, 7) is 3.50. The fraction of sp³-hybridized carbons (Fsp3) is 0.154. The van der Waals surface area contributed by atoms with Crippen molar-refractivity contribution in [1.29, 1.82) is 0 Å². The molecule has 0 amide bonds. The number of carbonyl (C=O) groups is 1. The number of aromatic carboxylic acids is 1. The van der Waals surface area contributed by atoms with E-state index < -0.39 is 17.2 Å². The van der Waals surface area contributed by atoms with E-state index in [1.54, 1.807) is 25.1 Å². The van der Waals surface area contributed by atoms with Crippen molar-refractivity contribution in [2.24, 2.45) is 0 Å². The van der Waals surface area contributed by atoms with Gasteiger partial charge in [-0.3, -0.25) is 9.36 Å². The van der Waals surface area contributed by atoms with Crippen LogP contribution in [0.3, 0.4) is 0 Å². The van der Waals surface area contributed by atoms with Crippen LogP contribution >= 0.6 is 11.6 Å². The van der Waals surface area contributed by atoms with Gasteiger partial charge in [-0.1, -0.05) is 23.7 Å². The van der Waals surface area contributed by atoms with Crippen molar-refractivity contribution in [3.8, 4) is 5.69 Å². The van der Waals surface area contributed by atoms with E-state index in [0.29, 0.717) is 11.4 Å². The summed E-state index contributed by atoms with van der Waals surface area (Å²) in [4.78, 5) is 26.8. The molecule has 1 aromatic carbocycles. The van der Waals surface area contributed by atoms with Gasteiger partial charge in [0.15, 0.2) is 0 Å². The lowest BCUT2D eigenvalue weighted by Crippen LogP contribution is -2.29. The Bertz CT molecular complexity index is 722. The van der Waals surface area contributed by atoms with E-state index in [4.69, 9.17) is 16.7 Å². The van der Waals surface area contributed by atoms with E-state index in [9.17, 15) is 9.59 Å². The Morgan fingerprint density at radius 1 is 1.37 bits per heavy atom. The predicted molar refractivity (Wildman–Crippen MR) is 71.3 cm³/mol. The summed E-state index contributed by atoms with van der Waals surface area (Å²) in [5.74, 6) is -1.40. The Morgan fingerprint density at radius 3 is 2.63 bits per heavy atom. The topological polar surface area (TPSA) is 72.2 Å². The van der Waals surface area contributed by atoms with Crippen molar-refractivity contribution in [1.82, 2.24) is 9.55 Å². The zero-order valence-electron chi connectivity index (χ0n) is 10.3. The minimum absolute atomic E-state index is 0.00138. The average Bonchev–Trinajstić information content (AvgIpc) is 2.34. The van der Waals surface area contributed by atoms with Gasteiger partial charge in [-0.05, 0) is 31.5 Å². The molecule has 0 aliphatic heterocycles. The second-order valence-electron chi connectivity index (χ2n) is 4.12. The van der Waals surface area contributed by atoms with E-state index in [1.807, 2.05) is 13.0 Å². The number of aryl methyl sites for hydroxylation is 1. The number of carboxylic acids is 1. The number of benzene rings is 1.